The van der Waals surface area contributed by atoms with E-state index in [1.165, 1.54) is 25.1 Å². The molecule has 0 unspecified atom stereocenters. The van der Waals surface area contributed by atoms with E-state index in [2.05, 4.69) is 16.0 Å². The number of fused-ring (bicyclic) bond motifs is 1. The molecule has 0 saturated heterocycles. The maximum Gasteiger partial charge on any atom is 0.305 e. The van der Waals surface area contributed by atoms with Crippen LogP contribution >= 0.6 is 0 Å². The number of benzene rings is 1. The predicted molar refractivity (Wildman–Crippen MR) is 137 cm³/mol. The molecule has 0 saturated carbocycles. The first-order valence-corrected chi connectivity index (χ1v) is 11.9. The second-order valence-corrected chi connectivity index (χ2v) is 8.26. The van der Waals surface area contributed by atoms with E-state index in [0.29, 0.717) is 0 Å². The number of anilines is 2. The van der Waals surface area contributed by atoms with Crippen molar-refractivity contribution >= 4 is 59.1 Å². The van der Waals surface area contributed by atoms with Crippen LogP contribution in [-0.4, -0.2) is 101 Å². The van der Waals surface area contributed by atoms with Gasteiger partial charge in [0, 0.05) is 13.3 Å². The van der Waals surface area contributed by atoms with Crippen LogP contribution in [0.15, 0.2) is 24.3 Å². The van der Waals surface area contributed by atoms with E-state index in [-0.39, 0.29) is 30.6 Å². The van der Waals surface area contributed by atoms with Gasteiger partial charge in [-0.3, -0.25) is 38.5 Å². The monoisotopic (exact) mass is 565 g/mol. The third-order valence-corrected chi connectivity index (χ3v) is 5.17. The maximum atomic E-state index is 13.4. The molecule has 2 rings (SSSR count). The fraction of sp³-hybridized carbons (Fsp3) is 0.417. The van der Waals surface area contributed by atoms with E-state index in [1.54, 1.807) is 13.0 Å². The van der Waals surface area contributed by atoms with Gasteiger partial charge in [-0.1, -0.05) is 19.1 Å². The summed E-state index contributed by atoms with van der Waals surface area (Å²) in [6.45, 7) is 0.401. The zero-order valence-corrected chi connectivity index (χ0v) is 21.8. The van der Waals surface area contributed by atoms with Gasteiger partial charge in [-0.25, -0.2) is 0 Å². The zero-order chi connectivity index (χ0) is 30.4. The Kier molecular flexibility index (Phi) is 13.4. The lowest BCUT2D eigenvalue weighted by atomic mass is 10.2. The summed E-state index contributed by atoms with van der Waals surface area (Å²) in [5.74, 6) is -5.73. The first kappa shape index (κ1) is 33.2. The number of hydrogen-bond acceptors (Lipinski definition) is 9. The summed E-state index contributed by atoms with van der Waals surface area (Å²) in [4.78, 5) is 95.2. The Morgan fingerprint density at radius 2 is 1.65 bits per heavy atom. The first-order chi connectivity index (χ1) is 18.8. The number of aliphatic carboxylic acids is 2. The second kappa shape index (κ2) is 16.2. The van der Waals surface area contributed by atoms with Gasteiger partial charge in [0.15, 0.2) is 0 Å². The number of carboxylic acids is 2. The Hall–Kier alpha value is -4.86. The highest BCUT2D eigenvalue weighted by Gasteiger charge is 2.37. The van der Waals surface area contributed by atoms with E-state index < -0.39 is 79.7 Å². The lowest BCUT2D eigenvalue weighted by Crippen LogP contribution is -2.56. The molecular formula is C24H31N5O11. The highest BCUT2D eigenvalue weighted by molar-refractivity contribution is 6.10. The van der Waals surface area contributed by atoms with Crippen molar-refractivity contribution in [2.45, 2.75) is 38.8 Å². The van der Waals surface area contributed by atoms with E-state index in [1.807, 2.05) is 0 Å². The quantitative estimate of drug-likeness (QED) is 0.155. The van der Waals surface area contributed by atoms with Crippen LogP contribution < -0.4 is 25.8 Å². The molecule has 1 aromatic rings. The average molecular weight is 566 g/mol. The van der Waals surface area contributed by atoms with Crippen molar-refractivity contribution < 1.29 is 53.7 Å². The molecule has 0 spiro atoms. The van der Waals surface area contributed by atoms with E-state index in [9.17, 15) is 43.5 Å². The molecule has 0 fully saturated rings. The van der Waals surface area contributed by atoms with E-state index in [0.717, 1.165) is 9.80 Å². The molecule has 6 N–H and O–H groups in total. The van der Waals surface area contributed by atoms with Gasteiger partial charge in [-0.2, -0.15) is 0 Å². The van der Waals surface area contributed by atoms with Crippen molar-refractivity contribution in [3.05, 3.63) is 24.3 Å². The maximum absolute atomic E-state index is 13.4. The third-order valence-electron chi connectivity index (χ3n) is 5.17. The van der Waals surface area contributed by atoms with Gasteiger partial charge in [0.1, 0.15) is 25.5 Å². The standard InChI is InChI=1S/C21H25N5O9.C3H6O2/c1-12(29)22-7-17(30)24-14-8-25(19(32)11-28)15-4-2-3-5-16(15)26(21(14)35)9-18(31)23-13(10-27)6-20(33)34;1-2-3(4)5/h2-5,10,13-14,28H,6-9,11H2,1H3,(H,22,29)(H,23,31)(H,24,30)(H,33,34);2H2,1H3,(H,4,5)/t13-,14-;/m0./s1. The van der Waals surface area contributed by atoms with Gasteiger partial charge in [0.25, 0.3) is 11.8 Å². The number of rotatable bonds is 11. The van der Waals surface area contributed by atoms with Crippen molar-refractivity contribution in [1.29, 1.82) is 0 Å². The Morgan fingerprint density at radius 3 is 2.15 bits per heavy atom. The van der Waals surface area contributed by atoms with Crippen LogP contribution in [0.1, 0.15) is 26.7 Å². The summed E-state index contributed by atoms with van der Waals surface area (Å²) in [7, 11) is 0. The van der Waals surface area contributed by atoms with E-state index >= 15 is 0 Å². The predicted octanol–water partition coefficient (Wildman–Crippen LogP) is -2.38. The molecule has 1 aromatic carbocycles. The Bertz CT molecular complexity index is 1140. The molecule has 40 heavy (non-hydrogen) atoms. The highest BCUT2D eigenvalue weighted by atomic mass is 16.4. The molecule has 1 heterocycles. The summed E-state index contributed by atoms with van der Waals surface area (Å²) in [5.41, 5.74) is 0.276. The fourth-order valence-electron chi connectivity index (χ4n) is 3.35. The zero-order valence-electron chi connectivity index (χ0n) is 21.8. The topological polar surface area (TPSA) is 240 Å². The van der Waals surface area contributed by atoms with Crippen molar-refractivity contribution in [1.82, 2.24) is 16.0 Å². The molecule has 16 nitrogen and oxygen atoms in total. The number of aldehydes is 1. The molecule has 5 amide bonds. The third kappa shape index (κ3) is 10.5. The molecule has 218 valence electrons. The number of amides is 5. The summed E-state index contributed by atoms with van der Waals surface area (Å²) in [6, 6.07) is 3.30. The first-order valence-electron chi connectivity index (χ1n) is 11.9. The van der Waals surface area contributed by atoms with Crippen LogP contribution in [0.4, 0.5) is 11.4 Å². The van der Waals surface area contributed by atoms with Crippen LogP contribution in [-0.2, 0) is 38.4 Å². The molecule has 2 atom stereocenters. The van der Waals surface area contributed by atoms with Crippen molar-refractivity contribution in [3.63, 3.8) is 0 Å². The minimum atomic E-state index is -1.37. The number of carbonyl (C=O) groups excluding carboxylic acids is 6. The molecule has 0 bridgehead atoms. The Morgan fingerprint density at radius 1 is 1.05 bits per heavy atom. The number of carboxylic acid groups (broad SMARTS) is 2. The number of para-hydroxylation sites is 2. The number of nitrogens with one attached hydrogen (secondary N) is 3. The Labute approximate surface area is 228 Å². The minimum absolute atomic E-state index is 0.106. The van der Waals surface area contributed by atoms with Gasteiger partial charge in [-0.05, 0) is 12.1 Å². The number of nitrogens with zero attached hydrogens (tertiary/aromatic N) is 2. The SMILES string of the molecule is CC(=O)NCC(=O)N[C@H]1CN(C(=O)CO)c2ccccc2N(CC(=O)N[C@H](C=O)CC(=O)O)C1=O.CCC(=O)O. The summed E-state index contributed by atoms with van der Waals surface area (Å²) < 4.78 is 0. The molecular weight excluding hydrogens is 534 g/mol. The molecule has 0 aromatic heterocycles. The normalized spacial score (nSPS) is 14.8. The largest absolute Gasteiger partial charge is 0.481 e. The number of aliphatic hydroxyl groups is 1. The highest BCUT2D eigenvalue weighted by Crippen LogP contribution is 2.32. The molecule has 1 aliphatic rings. The van der Waals surface area contributed by atoms with Crippen molar-refractivity contribution in [3.8, 4) is 0 Å². The van der Waals surface area contributed by atoms with Crippen LogP contribution in [0.25, 0.3) is 0 Å². The lowest BCUT2D eigenvalue weighted by molar-refractivity contribution is -0.139. The number of carbonyl (C=O) groups is 8. The minimum Gasteiger partial charge on any atom is -0.481 e. The van der Waals surface area contributed by atoms with Crippen molar-refractivity contribution in [2.24, 2.45) is 0 Å². The van der Waals surface area contributed by atoms with Gasteiger partial charge < -0.3 is 41.0 Å². The summed E-state index contributed by atoms with van der Waals surface area (Å²) >= 11 is 0. The van der Waals surface area contributed by atoms with Gasteiger partial charge >= 0.3 is 11.9 Å². The van der Waals surface area contributed by atoms with Gasteiger partial charge in [-0.15, -0.1) is 0 Å². The summed E-state index contributed by atoms with van der Waals surface area (Å²) in [5, 5.41) is 32.9. The smallest absolute Gasteiger partial charge is 0.305 e. The van der Waals surface area contributed by atoms with Gasteiger partial charge in [0.2, 0.25) is 17.7 Å². The van der Waals surface area contributed by atoms with Crippen LogP contribution in [0.5, 0.6) is 0 Å². The van der Waals surface area contributed by atoms with Crippen LogP contribution in [0.2, 0.25) is 0 Å². The van der Waals surface area contributed by atoms with Crippen LogP contribution in [0, 0.1) is 0 Å². The van der Waals surface area contributed by atoms with Gasteiger partial charge in [0.05, 0.1) is 36.9 Å². The Balaban J connectivity index is 0.00000146. The molecule has 0 aliphatic carbocycles. The number of aliphatic hydroxyl groups excluding tert-OH is 1. The van der Waals surface area contributed by atoms with Crippen LogP contribution in [0.3, 0.4) is 0 Å². The fourth-order valence-corrected chi connectivity index (χ4v) is 3.35. The summed E-state index contributed by atoms with van der Waals surface area (Å²) in [6.07, 6.45) is -0.197. The molecule has 16 heteroatoms. The van der Waals surface area contributed by atoms with Crippen molar-refractivity contribution in [2.75, 3.05) is 36.0 Å². The number of hydrogen-bond donors (Lipinski definition) is 6. The second-order valence-electron chi connectivity index (χ2n) is 8.26. The molecule has 1 aliphatic heterocycles. The molecule has 0 radical (unpaired) electrons. The van der Waals surface area contributed by atoms with E-state index in [4.69, 9.17) is 10.2 Å². The lowest BCUT2D eigenvalue weighted by Gasteiger charge is -2.25. The average Bonchev–Trinajstić information content (AvgIpc) is 3.01.